The fraction of sp³-hybridized carbons (Fsp3) is 0.294. The molecule has 0 aliphatic carbocycles. The molecule has 1 amide bonds. The number of nitrogens with one attached hydrogen (secondary N) is 1. The molecule has 0 atom stereocenters. The lowest BCUT2D eigenvalue weighted by Crippen LogP contribution is -2.29. The van der Waals surface area contributed by atoms with Crippen LogP contribution in [0.3, 0.4) is 0 Å². The van der Waals surface area contributed by atoms with Gasteiger partial charge in [-0.1, -0.05) is 0 Å². The molecule has 4 rings (SSSR count). The zero-order valence-electron chi connectivity index (χ0n) is 12.8. The van der Waals surface area contributed by atoms with Crippen molar-refractivity contribution < 1.29 is 14.3 Å². The van der Waals surface area contributed by atoms with Gasteiger partial charge in [0.05, 0.1) is 5.56 Å². The minimum absolute atomic E-state index is 0.141. The van der Waals surface area contributed by atoms with Crippen LogP contribution < -0.4 is 14.8 Å². The first-order chi connectivity index (χ1) is 11.2. The van der Waals surface area contributed by atoms with Gasteiger partial charge >= 0.3 is 0 Å². The minimum Gasteiger partial charge on any atom is -0.454 e. The van der Waals surface area contributed by atoms with E-state index in [0.717, 1.165) is 30.6 Å². The minimum atomic E-state index is -0.141. The zero-order valence-corrected chi connectivity index (χ0v) is 12.8. The fourth-order valence-corrected chi connectivity index (χ4v) is 3.00. The predicted octanol–water partition coefficient (Wildman–Crippen LogP) is 2.05. The van der Waals surface area contributed by atoms with E-state index in [9.17, 15) is 4.79 Å². The molecular formula is C17H17N3O3. The van der Waals surface area contributed by atoms with Gasteiger partial charge in [-0.3, -0.25) is 9.78 Å². The molecular weight excluding hydrogens is 294 g/mol. The predicted molar refractivity (Wildman–Crippen MR) is 84.8 cm³/mol. The number of hydrogen-bond donors (Lipinski definition) is 1. The summed E-state index contributed by atoms with van der Waals surface area (Å²) in [5.41, 5.74) is 3.55. The summed E-state index contributed by atoms with van der Waals surface area (Å²) in [5, 5.41) is 2.92. The Morgan fingerprint density at radius 1 is 1.26 bits per heavy atom. The maximum Gasteiger partial charge on any atom is 0.257 e. The molecule has 23 heavy (non-hydrogen) atoms. The highest BCUT2D eigenvalue weighted by Crippen LogP contribution is 2.34. The molecule has 2 aliphatic rings. The summed E-state index contributed by atoms with van der Waals surface area (Å²) < 4.78 is 10.6. The normalized spacial score (nSPS) is 16.0. The first kappa shape index (κ1) is 14.0. The second-order valence-corrected chi connectivity index (χ2v) is 5.83. The van der Waals surface area contributed by atoms with Gasteiger partial charge in [0.25, 0.3) is 5.91 Å². The van der Waals surface area contributed by atoms with Crippen LogP contribution in [-0.2, 0) is 13.0 Å². The van der Waals surface area contributed by atoms with Gasteiger partial charge in [-0.15, -0.1) is 0 Å². The van der Waals surface area contributed by atoms with E-state index in [0.29, 0.717) is 22.7 Å². The molecule has 0 saturated heterocycles. The molecule has 1 aromatic heterocycles. The standard InChI is InChI=1S/C17H17N3O3/c1-20-5-4-13-11(9-20)7-18-8-14(13)17(21)19-12-2-3-15-16(6-12)23-10-22-15/h2-3,6-8H,4-5,9-10H2,1H3,(H,19,21). The van der Waals surface area contributed by atoms with Crippen LogP contribution >= 0.6 is 0 Å². The molecule has 0 saturated carbocycles. The third-order valence-corrected chi connectivity index (χ3v) is 4.21. The third kappa shape index (κ3) is 2.61. The lowest BCUT2D eigenvalue weighted by atomic mass is 9.97. The van der Waals surface area contributed by atoms with Crippen molar-refractivity contribution in [2.24, 2.45) is 0 Å². The lowest BCUT2D eigenvalue weighted by molar-refractivity contribution is 0.102. The number of amides is 1. The molecule has 2 aromatic rings. The highest BCUT2D eigenvalue weighted by Gasteiger charge is 2.21. The fourth-order valence-electron chi connectivity index (χ4n) is 3.00. The van der Waals surface area contributed by atoms with Gasteiger partial charge in [-0.05, 0) is 36.7 Å². The molecule has 1 aromatic carbocycles. The van der Waals surface area contributed by atoms with Crippen molar-refractivity contribution in [3.05, 3.63) is 47.3 Å². The number of hydrogen-bond acceptors (Lipinski definition) is 5. The van der Waals surface area contributed by atoms with Crippen LogP contribution in [0.25, 0.3) is 0 Å². The summed E-state index contributed by atoms with van der Waals surface area (Å²) in [6, 6.07) is 5.38. The van der Waals surface area contributed by atoms with Crippen molar-refractivity contribution in [3.8, 4) is 11.5 Å². The van der Waals surface area contributed by atoms with Crippen LogP contribution in [0.5, 0.6) is 11.5 Å². The van der Waals surface area contributed by atoms with E-state index in [4.69, 9.17) is 9.47 Å². The number of anilines is 1. The number of pyridine rings is 1. The Morgan fingerprint density at radius 2 is 2.13 bits per heavy atom. The maximum absolute atomic E-state index is 12.6. The average Bonchev–Trinajstić information content (AvgIpc) is 3.01. The Kier molecular flexibility index (Phi) is 3.38. The molecule has 6 heteroatoms. The number of likely N-dealkylation sites (N-methyl/N-ethyl adjacent to an activating group) is 1. The van der Waals surface area contributed by atoms with Gasteiger partial charge in [0, 0.05) is 37.2 Å². The molecule has 0 spiro atoms. The lowest BCUT2D eigenvalue weighted by Gasteiger charge is -2.26. The number of carbonyl (C=O) groups excluding carboxylic acids is 1. The topological polar surface area (TPSA) is 63.7 Å². The Hall–Kier alpha value is -2.60. The largest absolute Gasteiger partial charge is 0.454 e. The molecule has 3 heterocycles. The summed E-state index contributed by atoms with van der Waals surface area (Å²) >= 11 is 0. The maximum atomic E-state index is 12.6. The summed E-state index contributed by atoms with van der Waals surface area (Å²) in [6.45, 7) is 1.99. The van der Waals surface area contributed by atoms with Crippen LogP contribution in [0, 0.1) is 0 Å². The molecule has 2 aliphatic heterocycles. The van der Waals surface area contributed by atoms with Crippen LogP contribution in [0.15, 0.2) is 30.6 Å². The number of nitrogens with zero attached hydrogens (tertiary/aromatic N) is 2. The van der Waals surface area contributed by atoms with Gasteiger partial charge in [-0.2, -0.15) is 0 Å². The van der Waals surface area contributed by atoms with Crippen molar-refractivity contribution in [3.63, 3.8) is 0 Å². The van der Waals surface area contributed by atoms with Crippen molar-refractivity contribution >= 4 is 11.6 Å². The Bertz CT molecular complexity index is 776. The van der Waals surface area contributed by atoms with Gasteiger partial charge < -0.3 is 19.7 Å². The Morgan fingerprint density at radius 3 is 3.04 bits per heavy atom. The summed E-state index contributed by atoms with van der Waals surface area (Å²) in [7, 11) is 2.07. The van der Waals surface area contributed by atoms with Crippen molar-refractivity contribution in [1.82, 2.24) is 9.88 Å². The van der Waals surface area contributed by atoms with Gasteiger partial charge in [0.2, 0.25) is 6.79 Å². The van der Waals surface area contributed by atoms with E-state index >= 15 is 0 Å². The molecule has 1 N–H and O–H groups in total. The zero-order chi connectivity index (χ0) is 15.8. The Labute approximate surface area is 134 Å². The van der Waals surface area contributed by atoms with Crippen molar-refractivity contribution in [2.75, 3.05) is 25.7 Å². The number of carbonyl (C=O) groups is 1. The smallest absolute Gasteiger partial charge is 0.257 e. The summed E-state index contributed by atoms with van der Waals surface area (Å²) in [6.07, 6.45) is 4.35. The first-order valence-corrected chi connectivity index (χ1v) is 7.56. The number of rotatable bonds is 2. The molecule has 0 radical (unpaired) electrons. The van der Waals surface area contributed by atoms with Gasteiger partial charge in [0.15, 0.2) is 11.5 Å². The SMILES string of the molecule is CN1CCc2c(cncc2C(=O)Nc2ccc3c(c2)OCO3)C1. The average molecular weight is 311 g/mol. The highest BCUT2D eigenvalue weighted by atomic mass is 16.7. The first-order valence-electron chi connectivity index (χ1n) is 7.56. The number of benzene rings is 1. The third-order valence-electron chi connectivity index (χ3n) is 4.21. The van der Waals surface area contributed by atoms with Crippen LogP contribution in [-0.4, -0.2) is 36.2 Å². The van der Waals surface area contributed by atoms with E-state index in [-0.39, 0.29) is 12.7 Å². The highest BCUT2D eigenvalue weighted by molar-refractivity contribution is 6.05. The van der Waals surface area contributed by atoms with Crippen LogP contribution in [0.1, 0.15) is 21.5 Å². The van der Waals surface area contributed by atoms with Gasteiger partial charge in [-0.25, -0.2) is 0 Å². The monoisotopic (exact) mass is 311 g/mol. The Balaban J connectivity index is 1.59. The molecule has 6 nitrogen and oxygen atoms in total. The van der Waals surface area contributed by atoms with E-state index in [1.165, 1.54) is 0 Å². The van der Waals surface area contributed by atoms with E-state index in [1.54, 1.807) is 18.3 Å². The second kappa shape index (κ2) is 5.55. The van der Waals surface area contributed by atoms with E-state index in [2.05, 4.69) is 22.2 Å². The summed E-state index contributed by atoms with van der Waals surface area (Å²) in [5.74, 6) is 1.21. The van der Waals surface area contributed by atoms with Gasteiger partial charge in [0.1, 0.15) is 0 Å². The summed E-state index contributed by atoms with van der Waals surface area (Å²) in [4.78, 5) is 19.1. The number of aromatic nitrogens is 1. The molecule has 0 fully saturated rings. The van der Waals surface area contributed by atoms with E-state index in [1.807, 2.05) is 12.3 Å². The van der Waals surface area contributed by atoms with E-state index < -0.39 is 0 Å². The number of ether oxygens (including phenoxy) is 2. The number of fused-ring (bicyclic) bond motifs is 2. The molecule has 0 bridgehead atoms. The van der Waals surface area contributed by atoms with Crippen LogP contribution in [0.4, 0.5) is 5.69 Å². The van der Waals surface area contributed by atoms with Crippen molar-refractivity contribution in [2.45, 2.75) is 13.0 Å². The van der Waals surface area contributed by atoms with Crippen LogP contribution in [0.2, 0.25) is 0 Å². The second-order valence-electron chi connectivity index (χ2n) is 5.83. The molecule has 0 unspecified atom stereocenters. The molecule has 118 valence electrons. The van der Waals surface area contributed by atoms with Crippen molar-refractivity contribution in [1.29, 1.82) is 0 Å². The quantitative estimate of drug-likeness (QED) is 0.919.